The molecule has 0 saturated carbocycles. The molecule has 132 valence electrons. The Kier molecular flexibility index (Phi) is 5.11. The molecule has 0 aliphatic carbocycles. The van der Waals surface area contributed by atoms with Crippen molar-refractivity contribution in [3.8, 4) is 0 Å². The molecule has 1 aromatic carbocycles. The topological polar surface area (TPSA) is 70.2 Å². The highest BCUT2D eigenvalue weighted by Crippen LogP contribution is 2.17. The zero-order chi connectivity index (χ0) is 17.8. The number of nitrogens with zero attached hydrogens (tertiary/aromatic N) is 3. The van der Waals surface area contributed by atoms with E-state index < -0.39 is 6.03 Å². The number of hydrogen-bond donors (Lipinski definition) is 2. The first-order chi connectivity index (χ1) is 12.0. The first-order valence-corrected chi connectivity index (χ1v) is 8.42. The molecule has 7 heteroatoms. The van der Waals surface area contributed by atoms with Crippen LogP contribution >= 0.6 is 0 Å². The van der Waals surface area contributed by atoms with Gasteiger partial charge in [-0.1, -0.05) is 6.07 Å². The number of amides is 2. The summed E-state index contributed by atoms with van der Waals surface area (Å²) < 4.78 is 13.5. The SMILES string of the molecule is Cc1cc(CNC(=O)Nc2ccc(C)c(F)c2)nc(N2CCCC2)n1. The van der Waals surface area contributed by atoms with Crippen LogP contribution < -0.4 is 15.5 Å². The molecule has 2 N–H and O–H groups in total. The Bertz CT molecular complexity index is 774. The van der Waals surface area contributed by atoms with Gasteiger partial charge in [-0.05, 0) is 50.5 Å². The predicted molar refractivity (Wildman–Crippen MR) is 95.2 cm³/mol. The molecule has 6 nitrogen and oxygen atoms in total. The minimum atomic E-state index is -0.401. The minimum absolute atomic E-state index is 0.282. The number of carbonyl (C=O) groups excluding carboxylic acids is 1. The first-order valence-electron chi connectivity index (χ1n) is 8.42. The zero-order valence-electron chi connectivity index (χ0n) is 14.5. The number of anilines is 2. The Morgan fingerprint density at radius 3 is 2.68 bits per heavy atom. The minimum Gasteiger partial charge on any atom is -0.341 e. The van der Waals surface area contributed by atoms with E-state index >= 15 is 0 Å². The van der Waals surface area contributed by atoms with Crippen molar-refractivity contribution in [1.29, 1.82) is 0 Å². The van der Waals surface area contributed by atoms with Crippen molar-refractivity contribution in [1.82, 2.24) is 15.3 Å². The van der Waals surface area contributed by atoms with E-state index in [0.29, 0.717) is 11.3 Å². The summed E-state index contributed by atoms with van der Waals surface area (Å²) in [5, 5.41) is 5.37. The van der Waals surface area contributed by atoms with Crippen LogP contribution in [0.2, 0.25) is 0 Å². The van der Waals surface area contributed by atoms with Gasteiger partial charge in [0.1, 0.15) is 5.82 Å². The van der Waals surface area contributed by atoms with Crippen LogP contribution in [0.15, 0.2) is 24.3 Å². The van der Waals surface area contributed by atoms with E-state index in [1.165, 1.54) is 6.07 Å². The van der Waals surface area contributed by atoms with Gasteiger partial charge in [0, 0.05) is 24.5 Å². The van der Waals surface area contributed by atoms with E-state index in [9.17, 15) is 9.18 Å². The summed E-state index contributed by atoms with van der Waals surface area (Å²) in [7, 11) is 0. The summed E-state index contributed by atoms with van der Waals surface area (Å²) >= 11 is 0. The van der Waals surface area contributed by atoms with Crippen LogP contribution in [-0.4, -0.2) is 29.1 Å². The van der Waals surface area contributed by atoms with Gasteiger partial charge in [0.2, 0.25) is 5.95 Å². The standard InChI is InChI=1S/C18H22FN5O/c1-12-5-6-14(10-16(12)19)23-18(25)20-11-15-9-13(2)21-17(22-15)24-7-3-4-8-24/h5-6,9-10H,3-4,7-8,11H2,1-2H3,(H2,20,23,25). The third kappa shape index (κ3) is 4.43. The summed E-state index contributed by atoms with van der Waals surface area (Å²) in [5.41, 5.74) is 2.57. The maximum Gasteiger partial charge on any atom is 0.319 e. The number of rotatable bonds is 4. The number of benzene rings is 1. The summed E-state index contributed by atoms with van der Waals surface area (Å²) in [6.45, 7) is 5.81. The van der Waals surface area contributed by atoms with Crippen molar-refractivity contribution in [2.24, 2.45) is 0 Å². The smallest absolute Gasteiger partial charge is 0.319 e. The second kappa shape index (κ2) is 7.46. The molecule has 2 heterocycles. The summed E-state index contributed by atoms with van der Waals surface area (Å²) in [6.07, 6.45) is 2.31. The van der Waals surface area contributed by atoms with Crippen molar-refractivity contribution in [2.45, 2.75) is 33.2 Å². The Hall–Kier alpha value is -2.70. The number of urea groups is 1. The summed E-state index contributed by atoms with van der Waals surface area (Å²) in [6, 6.07) is 6.04. The van der Waals surface area contributed by atoms with Gasteiger partial charge in [0.05, 0.1) is 12.2 Å². The highest BCUT2D eigenvalue weighted by atomic mass is 19.1. The molecule has 2 amide bonds. The fourth-order valence-corrected chi connectivity index (χ4v) is 2.78. The van der Waals surface area contributed by atoms with Crippen LogP contribution in [0.4, 0.5) is 20.8 Å². The van der Waals surface area contributed by atoms with Crippen molar-refractivity contribution in [3.05, 3.63) is 47.0 Å². The van der Waals surface area contributed by atoms with Gasteiger partial charge < -0.3 is 15.5 Å². The van der Waals surface area contributed by atoms with Crippen molar-refractivity contribution in [2.75, 3.05) is 23.3 Å². The molecule has 3 rings (SSSR count). The fraction of sp³-hybridized carbons (Fsp3) is 0.389. The Morgan fingerprint density at radius 2 is 1.96 bits per heavy atom. The lowest BCUT2D eigenvalue weighted by Gasteiger charge is -2.16. The molecule has 0 unspecified atom stereocenters. The maximum absolute atomic E-state index is 13.5. The van der Waals surface area contributed by atoms with E-state index in [1.54, 1.807) is 19.1 Å². The lowest BCUT2D eigenvalue weighted by molar-refractivity contribution is 0.251. The second-order valence-corrected chi connectivity index (χ2v) is 6.27. The van der Waals surface area contributed by atoms with Gasteiger partial charge in [0.15, 0.2) is 0 Å². The normalized spacial score (nSPS) is 13.8. The van der Waals surface area contributed by atoms with Gasteiger partial charge in [0.25, 0.3) is 0 Å². The largest absolute Gasteiger partial charge is 0.341 e. The number of aryl methyl sites for hydroxylation is 2. The lowest BCUT2D eigenvalue weighted by Crippen LogP contribution is -2.29. The van der Waals surface area contributed by atoms with Crippen LogP contribution in [0.25, 0.3) is 0 Å². The first kappa shape index (κ1) is 17.1. The molecule has 0 radical (unpaired) electrons. The second-order valence-electron chi connectivity index (χ2n) is 6.27. The van der Waals surface area contributed by atoms with Gasteiger partial charge in [-0.2, -0.15) is 0 Å². The molecule has 0 atom stereocenters. The molecule has 1 aromatic heterocycles. The van der Waals surface area contributed by atoms with Gasteiger partial charge >= 0.3 is 6.03 Å². The van der Waals surface area contributed by atoms with Crippen molar-refractivity contribution in [3.63, 3.8) is 0 Å². The number of nitrogens with one attached hydrogen (secondary N) is 2. The van der Waals surface area contributed by atoms with E-state index in [0.717, 1.165) is 43.3 Å². The van der Waals surface area contributed by atoms with Crippen molar-refractivity contribution >= 4 is 17.7 Å². The summed E-state index contributed by atoms with van der Waals surface area (Å²) in [5.74, 6) is 0.370. The van der Waals surface area contributed by atoms with E-state index in [-0.39, 0.29) is 12.4 Å². The van der Waals surface area contributed by atoms with Crippen LogP contribution in [0, 0.1) is 19.7 Å². The Labute approximate surface area is 146 Å². The zero-order valence-corrected chi connectivity index (χ0v) is 14.5. The maximum atomic E-state index is 13.5. The molecule has 0 bridgehead atoms. The van der Waals surface area contributed by atoms with Crippen LogP contribution in [-0.2, 0) is 6.54 Å². The number of aromatic nitrogens is 2. The fourth-order valence-electron chi connectivity index (χ4n) is 2.78. The highest BCUT2D eigenvalue weighted by Gasteiger charge is 2.16. The predicted octanol–water partition coefficient (Wildman–Crippen LogP) is 3.15. The average Bonchev–Trinajstić information content (AvgIpc) is 3.10. The molecule has 0 spiro atoms. The number of hydrogen-bond acceptors (Lipinski definition) is 4. The number of halogens is 1. The monoisotopic (exact) mass is 343 g/mol. The molecule has 25 heavy (non-hydrogen) atoms. The van der Waals surface area contributed by atoms with Crippen molar-refractivity contribution < 1.29 is 9.18 Å². The van der Waals surface area contributed by atoms with E-state index in [1.807, 2.05) is 13.0 Å². The molecule has 1 saturated heterocycles. The van der Waals surface area contributed by atoms with Crippen LogP contribution in [0.1, 0.15) is 29.8 Å². The quantitative estimate of drug-likeness (QED) is 0.895. The molecule has 1 fully saturated rings. The molecule has 1 aliphatic heterocycles. The molecule has 1 aliphatic rings. The average molecular weight is 343 g/mol. The molecule has 2 aromatic rings. The Morgan fingerprint density at radius 1 is 1.20 bits per heavy atom. The van der Waals surface area contributed by atoms with Crippen LogP contribution in [0.3, 0.4) is 0 Å². The number of carbonyl (C=O) groups is 1. The van der Waals surface area contributed by atoms with E-state index in [4.69, 9.17) is 0 Å². The third-order valence-corrected chi connectivity index (χ3v) is 4.14. The lowest BCUT2D eigenvalue weighted by atomic mass is 10.2. The summed E-state index contributed by atoms with van der Waals surface area (Å²) in [4.78, 5) is 23.2. The van der Waals surface area contributed by atoms with Gasteiger partial charge in [-0.3, -0.25) is 0 Å². The van der Waals surface area contributed by atoms with E-state index in [2.05, 4.69) is 25.5 Å². The Balaban J connectivity index is 1.60. The highest BCUT2D eigenvalue weighted by molar-refractivity contribution is 5.89. The molecular formula is C18H22FN5O. The third-order valence-electron chi connectivity index (χ3n) is 4.14. The van der Waals surface area contributed by atoms with Crippen LogP contribution in [0.5, 0.6) is 0 Å². The van der Waals surface area contributed by atoms with Gasteiger partial charge in [-0.25, -0.2) is 19.2 Å². The van der Waals surface area contributed by atoms with Gasteiger partial charge in [-0.15, -0.1) is 0 Å². The molecular weight excluding hydrogens is 321 g/mol.